The number of anilines is 2. The number of carbonyl (C=O) groups excluding carboxylic acids is 2. The van der Waals surface area contributed by atoms with Crippen molar-refractivity contribution in [3.8, 4) is 0 Å². The van der Waals surface area contributed by atoms with Gasteiger partial charge in [0, 0.05) is 48.7 Å². The monoisotopic (exact) mass is 377 g/mol. The van der Waals surface area contributed by atoms with Crippen molar-refractivity contribution in [2.24, 2.45) is 0 Å². The minimum atomic E-state index is -0.161. The number of carbonyl (C=O) groups is 2. The molecule has 0 unspecified atom stereocenters. The number of nitrogens with zero attached hydrogens (tertiary/aromatic N) is 2. The standard InChI is InChI=1S/C23H27N3O2/c27-22(24-20-10-12-21(13-11-20)25-14-4-5-15-25)18-6-8-19(9-7-18)23(28)26-16-2-1-3-17-26/h6-13H,1-5,14-17H2,(H,24,27). The number of likely N-dealkylation sites (tertiary alicyclic amines) is 1. The smallest absolute Gasteiger partial charge is 0.255 e. The number of hydrogen-bond acceptors (Lipinski definition) is 3. The third-order valence-electron chi connectivity index (χ3n) is 5.63. The minimum absolute atomic E-state index is 0.0594. The molecule has 2 saturated heterocycles. The van der Waals surface area contributed by atoms with E-state index in [2.05, 4.69) is 22.3 Å². The van der Waals surface area contributed by atoms with Gasteiger partial charge in [0.15, 0.2) is 0 Å². The highest BCUT2D eigenvalue weighted by Crippen LogP contribution is 2.22. The molecule has 0 saturated carbocycles. The summed E-state index contributed by atoms with van der Waals surface area (Å²) in [5, 5.41) is 2.94. The maximum Gasteiger partial charge on any atom is 0.255 e. The van der Waals surface area contributed by atoms with E-state index in [1.807, 2.05) is 17.0 Å². The summed E-state index contributed by atoms with van der Waals surface area (Å²) in [7, 11) is 0. The fourth-order valence-corrected chi connectivity index (χ4v) is 3.98. The first-order valence-corrected chi connectivity index (χ1v) is 10.3. The average molecular weight is 377 g/mol. The third-order valence-corrected chi connectivity index (χ3v) is 5.63. The molecule has 0 spiro atoms. The van der Waals surface area contributed by atoms with E-state index in [1.54, 1.807) is 24.3 Å². The molecule has 146 valence electrons. The second-order valence-electron chi connectivity index (χ2n) is 7.63. The van der Waals surface area contributed by atoms with Gasteiger partial charge in [-0.15, -0.1) is 0 Å². The molecule has 5 heteroatoms. The van der Waals surface area contributed by atoms with Crippen LogP contribution >= 0.6 is 0 Å². The van der Waals surface area contributed by atoms with Crippen molar-refractivity contribution in [3.63, 3.8) is 0 Å². The van der Waals surface area contributed by atoms with Gasteiger partial charge in [-0.05, 0) is 80.6 Å². The summed E-state index contributed by atoms with van der Waals surface area (Å²) in [6.45, 7) is 3.87. The first-order valence-electron chi connectivity index (χ1n) is 10.3. The zero-order valence-electron chi connectivity index (χ0n) is 16.2. The zero-order valence-corrected chi connectivity index (χ0v) is 16.2. The number of rotatable bonds is 4. The summed E-state index contributed by atoms with van der Waals surface area (Å²) < 4.78 is 0. The molecule has 2 aromatic carbocycles. The Kier molecular flexibility index (Phi) is 5.60. The molecule has 2 fully saturated rings. The Morgan fingerprint density at radius 3 is 1.89 bits per heavy atom. The van der Waals surface area contributed by atoms with Gasteiger partial charge >= 0.3 is 0 Å². The largest absolute Gasteiger partial charge is 0.372 e. The van der Waals surface area contributed by atoms with Gasteiger partial charge in [0.25, 0.3) is 11.8 Å². The first-order chi connectivity index (χ1) is 13.7. The lowest BCUT2D eigenvalue weighted by Gasteiger charge is -2.26. The molecule has 2 heterocycles. The van der Waals surface area contributed by atoms with Crippen LogP contribution in [0.1, 0.15) is 52.8 Å². The number of hydrogen-bond donors (Lipinski definition) is 1. The minimum Gasteiger partial charge on any atom is -0.372 e. The maximum atomic E-state index is 12.5. The van der Waals surface area contributed by atoms with Gasteiger partial charge in [-0.25, -0.2) is 0 Å². The van der Waals surface area contributed by atoms with Crippen molar-refractivity contribution in [3.05, 3.63) is 59.7 Å². The first kappa shape index (κ1) is 18.5. The third kappa shape index (κ3) is 4.19. The normalized spacial score (nSPS) is 16.9. The molecular formula is C23H27N3O2. The highest BCUT2D eigenvalue weighted by atomic mass is 16.2. The molecule has 4 rings (SSSR count). The van der Waals surface area contributed by atoms with Crippen molar-refractivity contribution in [1.29, 1.82) is 0 Å². The van der Waals surface area contributed by atoms with Crippen LogP contribution < -0.4 is 10.2 Å². The molecule has 5 nitrogen and oxygen atoms in total. The van der Waals surface area contributed by atoms with E-state index >= 15 is 0 Å². The molecule has 2 amide bonds. The summed E-state index contributed by atoms with van der Waals surface area (Å²) in [5.41, 5.74) is 3.18. The lowest BCUT2D eigenvalue weighted by Crippen LogP contribution is -2.35. The zero-order chi connectivity index (χ0) is 19.3. The van der Waals surface area contributed by atoms with Crippen LogP contribution in [0.2, 0.25) is 0 Å². The van der Waals surface area contributed by atoms with Gasteiger partial charge in [0.1, 0.15) is 0 Å². The van der Waals surface area contributed by atoms with E-state index in [4.69, 9.17) is 0 Å². The van der Waals surface area contributed by atoms with E-state index in [0.717, 1.165) is 44.7 Å². The topological polar surface area (TPSA) is 52.7 Å². The average Bonchev–Trinajstić information content (AvgIpc) is 3.29. The van der Waals surface area contributed by atoms with E-state index in [1.165, 1.54) is 24.9 Å². The molecular weight excluding hydrogens is 350 g/mol. The number of amides is 2. The fraction of sp³-hybridized carbons (Fsp3) is 0.391. The molecule has 2 aliphatic rings. The predicted octanol–water partition coefficient (Wildman–Crippen LogP) is 4.17. The predicted molar refractivity (Wildman–Crippen MR) is 112 cm³/mol. The highest BCUT2D eigenvalue weighted by Gasteiger charge is 2.18. The van der Waals surface area contributed by atoms with Gasteiger partial charge < -0.3 is 15.1 Å². The molecule has 0 bridgehead atoms. The van der Waals surface area contributed by atoms with Crippen LogP contribution in [0.25, 0.3) is 0 Å². The van der Waals surface area contributed by atoms with Gasteiger partial charge in [0.05, 0.1) is 0 Å². The summed E-state index contributed by atoms with van der Waals surface area (Å²) >= 11 is 0. The summed E-state index contributed by atoms with van der Waals surface area (Å²) in [5.74, 6) is -0.102. The van der Waals surface area contributed by atoms with Crippen LogP contribution in [0.4, 0.5) is 11.4 Å². The Hall–Kier alpha value is -2.82. The molecule has 0 atom stereocenters. The van der Waals surface area contributed by atoms with E-state index in [-0.39, 0.29) is 11.8 Å². The quantitative estimate of drug-likeness (QED) is 0.870. The SMILES string of the molecule is O=C(Nc1ccc(N2CCCC2)cc1)c1ccc(C(=O)N2CCCCC2)cc1. The van der Waals surface area contributed by atoms with Crippen LogP contribution in [-0.2, 0) is 0 Å². The number of benzene rings is 2. The van der Waals surface area contributed by atoms with Gasteiger partial charge in [-0.3, -0.25) is 9.59 Å². The Labute approximate surface area is 166 Å². The molecule has 28 heavy (non-hydrogen) atoms. The van der Waals surface area contributed by atoms with E-state index < -0.39 is 0 Å². The van der Waals surface area contributed by atoms with Crippen LogP contribution in [0.3, 0.4) is 0 Å². The Morgan fingerprint density at radius 2 is 1.25 bits per heavy atom. The lowest BCUT2D eigenvalue weighted by molar-refractivity contribution is 0.0724. The lowest BCUT2D eigenvalue weighted by atomic mass is 10.1. The Morgan fingerprint density at radius 1 is 0.679 bits per heavy atom. The van der Waals surface area contributed by atoms with E-state index in [0.29, 0.717) is 11.1 Å². The molecule has 1 N–H and O–H groups in total. The van der Waals surface area contributed by atoms with Crippen LogP contribution in [0.15, 0.2) is 48.5 Å². The van der Waals surface area contributed by atoms with E-state index in [9.17, 15) is 9.59 Å². The van der Waals surface area contributed by atoms with Crippen molar-refractivity contribution in [2.75, 3.05) is 36.4 Å². The molecule has 0 aliphatic carbocycles. The molecule has 2 aromatic rings. The fourth-order valence-electron chi connectivity index (χ4n) is 3.98. The number of nitrogens with one attached hydrogen (secondary N) is 1. The maximum absolute atomic E-state index is 12.5. The molecule has 0 aromatic heterocycles. The van der Waals surface area contributed by atoms with Gasteiger partial charge in [0.2, 0.25) is 0 Å². The summed E-state index contributed by atoms with van der Waals surface area (Å²) in [6.07, 6.45) is 5.83. The van der Waals surface area contributed by atoms with Gasteiger partial charge in [-0.1, -0.05) is 0 Å². The molecule has 0 radical (unpaired) electrons. The summed E-state index contributed by atoms with van der Waals surface area (Å²) in [4.78, 5) is 29.3. The molecule has 2 aliphatic heterocycles. The second-order valence-corrected chi connectivity index (χ2v) is 7.63. The highest BCUT2D eigenvalue weighted by molar-refractivity contribution is 6.05. The Bertz CT molecular complexity index is 818. The van der Waals surface area contributed by atoms with Crippen LogP contribution in [0, 0.1) is 0 Å². The van der Waals surface area contributed by atoms with Crippen molar-refractivity contribution in [1.82, 2.24) is 4.90 Å². The summed E-state index contributed by atoms with van der Waals surface area (Å²) in [6, 6.07) is 15.0. The van der Waals surface area contributed by atoms with Crippen molar-refractivity contribution in [2.45, 2.75) is 32.1 Å². The van der Waals surface area contributed by atoms with Crippen molar-refractivity contribution < 1.29 is 9.59 Å². The van der Waals surface area contributed by atoms with Gasteiger partial charge in [-0.2, -0.15) is 0 Å². The van der Waals surface area contributed by atoms with Crippen molar-refractivity contribution >= 4 is 23.2 Å². The van der Waals surface area contributed by atoms with Crippen LogP contribution in [0.5, 0.6) is 0 Å². The number of piperidine rings is 1. The Balaban J connectivity index is 1.37. The van der Waals surface area contributed by atoms with Crippen LogP contribution in [-0.4, -0.2) is 42.9 Å². The second kappa shape index (κ2) is 8.46.